The van der Waals surface area contributed by atoms with Gasteiger partial charge in [-0.2, -0.15) is 0 Å². The molecule has 3 amide bonds. The predicted octanol–water partition coefficient (Wildman–Crippen LogP) is 3.85. The molecule has 2 N–H and O–H groups in total. The first kappa shape index (κ1) is 17.4. The van der Waals surface area contributed by atoms with Crippen LogP contribution in [0.15, 0.2) is 48.5 Å². The van der Waals surface area contributed by atoms with E-state index in [2.05, 4.69) is 10.6 Å². The van der Waals surface area contributed by atoms with Gasteiger partial charge in [0.25, 0.3) is 5.91 Å². The largest absolute Gasteiger partial charge is 0.481 e. The van der Waals surface area contributed by atoms with Gasteiger partial charge in [-0.25, -0.2) is 4.79 Å². The van der Waals surface area contributed by atoms with Crippen LogP contribution in [0.3, 0.4) is 0 Å². The molecule has 1 aliphatic carbocycles. The molecule has 6 heteroatoms. The fourth-order valence-electron chi connectivity index (χ4n) is 3.26. The summed E-state index contributed by atoms with van der Waals surface area (Å²) >= 11 is 0. The minimum absolute atomic E-state index is 0.0226. The van der Waals surface area contributed by atoms with E-state index in [-0.39, 0.29) is 11.9 Å². The third-order valence-corrected chi connectivity index (χ3v) is 4.85. The number of carbonyl (C=O) groups excluding carboxylic acids is 2. The Labute approximate surface area is 158 Å². The summed E-state index contributed by atoms with van der Waals surface area (Å²) in [7, 11) is 0. The number of hydrogen-bond donors (Lipinski definition) is 2. The van der Waals surface area contributed by atoms with Crippen LogP contribution in [0.4, 0.5) is 16.2 Å². The van der Waals surface area contributed by atoms with Gasteiger partial charge in [-0.1, -0.05) is 18.2 Å². The quantitative estimate of drug-likeness (QED) is 0.865. The Morgan fingerprint density at radius 1 is 1.11 bits per heavy atom. The molecule has 0 spiro atoms. The molecule has 0 aromatic heterocycles. The van der Waals surface area contributed by atoms with Gasteiger partial charge in [0, 0.05) is 30.0 Å². The van der Waals surface area contributed by atoms with Gasteiger partial charge in [0.05, 0.1) is 0 Å². The maximum absolute atomic E-state index is 12.6. The number of carbonyl (C=O) groups is 2. The van der Waals surface area contributed by atoms with Crippen molar-refractivity contribution in [2.24, 2.45) is 5.92 Å². The van der Waals surface area contributed by atoms with Gasteiger partial charge in [-0.3, -0.25) is 4.79 Å². The predicted molar refractivity (Wildman–Crippen MR) is 104 cm³/mol. The smallest absolute Gasteiger partial charge is 0.323 e. The van der Waals surface area contributed by atoms with Crippen molar-refractivity contribution in [2.45, 2.75) is 32.4 Å². The minimum Gasteiger partial charge on any atom is -0.481 e. The van der Waals surface area contributed by atoms with Crippen LogP contribution in [0.25, 0.3) is 0 Å². The Balaban J connectivity index is 1.48. The number of anilines is 2. The van der Waals surface area contributed by atoms with Crippen molar-refractivity contribution >= 4 is 23.3 Å². The van der Waals surface area contributed by atoms with Gasteiger partial charge < -0.3 is 20.3 Å². The van der Waals surface area contributed by atoms with Crippen LogP contribution < -0.4 is 15.4 Å². The maximum atomic E-state index is 12.6. The maximum Gasteiger partial charge on any atom is 0.323 e. The molecule has 27 heavy (non-hydrogen) atoms. The molecule has 4 rings (SSSR count). The van der Waals surface area contributed by atoms with Crippen LogP contribution in [0.1, 0.15) is 25.3 Å². The highest BCUT2D eigenvalue weighted by Crippen LogP contribution is 2.33. The molecule has 2 aromatic rings. The fourth-order valence-corrected chi connectivity index (χ4v) is 3.26. The van der Waals surface area contributed by atoms with Gasteiger partial charge in [0.2, 0.25) is 0 Å². The van der Waals surface area contributed by atoms with Gasteiger partial charge in [-0.05, 0) is 56.0 Å². The second kappa shape index (κ2) is 7.31. The standard InChI is InChI=1S/C21H23N3O3/c1-14-20(25)24(12-15-7-8-15)13-16-11-18(9-10-19(16)27-14)23-21(26)22-17-5-3-2-4-6-17/h2-6,9-11,14-15H,7-8,12-13H2,1H3,(H2,22,23,26). The molecule has 1 fully saturated rings. The Hall–Kier alpha value is -3.02. The van der Waals surface area contributed by atoms with Crippen molar-refractivity contribution in [2.75, 3.05) is 17.2 Å². The lowest BCUT2D eigenvalue weighted by Gasteiger charge is -2.22. The fraction of sp³-hybridized carbons (Fsp3) is 0.333. The second-order valence-corrected chi connectivity index (χ2v) is 7.19. The number of fused-ring (bicyclic) bond motifs is 1. The number of urea groups is 1. The zero-order chi connectivity index (χ0) is 18.8. The number of ether oxygens (including phenoxy) is 1. The first-order chi connectivity index (χ1) is 13.1. The van der Waals surface area contributed by atoms with Crippen LogP contribution >= 0.6 is 0 Å². The van der Waals surface area contributed by atoms with E-state index in [9.17, 15) is 9.59 Å². The number of amides is 3. The monoisotopic (exact) mass is 365 g/mol. The Bertz CT molecular complexity index is 849. The number of rotatable bonds is 4. The van der Waals surface area contributed by atoms with E-state index < -0.39 is 6.10 Å². The molecule has 1 atom stereocenters. The van der Waals surface area contributed by atoms with Gasteiger partial charge in [0.15, 0.2) is 6.10 Å². The summed E-state index contributed by atoms with van der Waals surface area (Å²) < 4.78 is 5.84. The highest BCUT2D eigenvalue weighted by molar-refractivity contribution is 5.99. The van der Waals surface area contributed by atoms with Gasteiger partial charge in [-0.15, -0.1) is 0 Å². The molecule has 1 aliphatic heterocycles. The van der Waals surface area contributed by atoms with Crippen molar-refractivity contribution in [3.05, 3.63) is 54.1 Å². The summed E-state index contributed by atoms with van der Waals surface area (Å²) in [5.74, 6) is 1.33. The van der Waals surface area contributed by atoms with Crippen LogP contribution in [0.5, 0.6) is 5.75 Å². The van der Waals surface area contributed by atoms with Gasteiger partial charge >= 0.3 is 6.03 Å². The van der Waals surface area contributed by atoms with E-state index in [1.54, 1.807) is 13.0 Å². The zero-order valence-corrected chi connectivity index (χ0v) is 15.3. The first-order valence-corrected chi connectivity index (χ1v) is 9.30. The number of nitrogens with zero attached hydrogens (tertiary/aromatic N) is 1. The SMILES string of the molecule is CC1Oc2ccc(NC(=O)Nc3ccccc3)cc2CN(CC2CC2)C1=O. The molecule has 2 aliphatic rings. The molecule has 140 valence electrons. The topological polar surface area (TPSA) is 70.7 Å². The number of para-hydroxylation sites is 1. The summed E-state index contributed by atoms with van der Waals surface area (Å²) in [4.78, 5) is 26.7. The molecule has 0 radical (unpaired) electrons. The highest BCUT2D eigenvalue weighted by atomic mass is 16.5. The van der Waals surface area contributed by atoms with Crippen LogP contribution in [0.2, 0.25) is 0 Å². The Morgan fingerprint density at radius 2 is 1.85 bits per heavy atom. The van der Waals surface area contributed by atoms with Crippen molar-refractivity contribution in [1.29, 1.82) is 0 Å². The molecule has 1 heterocycles. The molecule has 6 nitrogen and oxygen atoms in total. The molecule has 0 saturated heterocycles. The highest BCUT2D eigenvalue weighted by Gasteiger charge is 2.32. The summed E-state index contributed by atoms with van der Waals surface area (Å²) in [5, 5.41) is 5.64. The van der Waals surface area contributed by atoms with E-state index in [0.717, 1.165) is 17.8 Å². The Morgan fingerprint density at radius 3 is 2.59 bits per heavy atom. The molecule has 0 bridgehead atoms. The average molecular weight is 365 g/mol. The van der Waals surface area contributed by atoms with Crippen LogP contribution in [-0.4, -0.2) is 29.5 Å². The summed E-state index contributed by atoms with van der Waals surface area (Å²) in [5.41, 5.74) is 2.30. The average Bonchev–Trinajstić information content (AvgIpc) is 3.47. The second-order valence-electron chi connectivity index (χ2n) is 7.19. The number of benzene rings is 2. The van der Waals surface area contributed by atoms with Crippen LogP contribution in [0, 0.1) is 5.92 Å². The third kappa shape index (κ3) is 4.22. The van der Waals surface area contributed by atoms with Crippen molar-refractivity contribution in [3.8, 4) is 5.75 Å². The van der Waals surface area contributed by atoms with E-state index in [4.69, 9.17) is 4.74 Å². The van der Waals surface area contributed by atoms with Crippen molar-refractivity contribution in [1.82, 2.24) is 4.90 Å². The van der Waals surface area contributed by atoms with Crippen molar-refractivity contribution < 1.29 is 14.3 Å². The van der Waals surface area contributed by atoms with E-state index in [0.29, 0.717) is 23.9 Å². The lowest BCUT2D eigenvalue weighted by atomic mass is 10.1. The summed E-state index contributed by atoms with van der Waals surface area (Å²) in [6.45, 7) is 3.07. The first-order valence-electron chi connectivity index (χ1n) is 9.30. The molecular weight excluding hydrogens is 342 g/mol. The van der Waals surface area contributed by atoms with Crippen LogP contribution in [-0.2, 0) is 11.3 Å². The molecule has 2 aromatic carbocycles. The zero-order valence-electron chi connectivity index (χ0n) is 15.3. The summed E-state index contributed by atoms with van der Waals surface area (Å²) in [6, 6.07) is 14.4. The van der Waals surface area contributed by atoms with Crippen molar-refractivity contribution in [3.63, 3.8) is 0 Å². The Kier molecular flexibility index (Phi) is 4.71. The van der Waals surface area contributed by atoms with E-state index in [1.807, 2.05) is 47.4 Å². The minimum atomic E-state index is -0.495. The molecular formula is C21H23N3O3. The van der Waals surface area contributed by atoms with E-state index >= 15 is 0 Å². The lowest BCUT2D eigenvalue weighted by molar-refractivity contribution is -0.137. The lowest BCUT2D eigenvalue weighted by Crippen LogP contribution is -2.39. The molecule has 1 saturated carbocycles. The number of hydrogen-bond acceptors (Lipinski definition) is 3. The normalized spacial score (nSPS) is 18.9. The third-order valence-electron chi connectivity index (χ3n) is 4.85. The summed E-state index contributed by atoms with van der Waals surface area (Å²) in [6.07, 6.45) is 1.88. The number of nitrogens with one attached hydrogen (secondary N) is 2. The van der Waals surface area contributed by atoms with E-state index in [1.165, 1.54) is 12.8 Å². The van der Waals surface area contributed by atoms with Gasteiger partial charge in [0.1, 0.15) is 5.75 Å². The molecule has 1 unspecified atom stereocenters.